The van der Waals surface area contributed by atoms with E-state index in [1.807, 2.05) is 38.1 Å². The summed E-state index contributed by atoms with van der Waals surface area (Å²) >= 11 is 0. The minimum absolute atomic E-state index is 0.189. The molecule has 3 amide bonds. The number of hydrogen-bond acceptors (Lipinski definition) is 7. The number of hydrogen-bond donors (Lipinski definition) is 3. The van der Waals surface area contributed by atoms with Crippen LogP contribution in [0.4, 0.5) is 22.1 Å². The zero-order valence-corrected chi connectivity index (χ0v) is 24.3. The molecule has 0 bridgehead atoms. The quantitative estimate of drug-likeness (QED) is 0.251. The first-order valence-corrected chi connectivity index (χ1v) is 13.1. The fourth-order valence-corrected chi connectivity index (χ4v) is 3.98. The van der Waals surface area contributed by atoms with Gasteiger partial charge in [0.05, 0.1) is 24.7 Å². The molecule has 1 aromatic carbocycles. The van der Waals surface area contributed by atoms with Crippen LogP contribution in [0.3, 0.4) is 0 Å². The van der Waals surface area contributed by atoms with E-state index in [4.69, 9.17) is 14.6 Å². The van der Waals surface area contributed by atoms with Crippen molar-refractivity contribution in [2.75, 3.05) is 23.1 Å². The Labute approximate surface area is 239 Å². The van der Waals surface area contributed by atoms with Crippen molar-refractivity contribution in [1.29, 1.82) is 0 Å². The average molecular weight is 558 g/mol. The van der Waals surface area contributed by atoms with Crippen molar-refractivity contribution in [1.82, 2.24) is 19.7 Å². The summed E-state index contributed by atoms with van der Waals surface area (Å²) < 4.78 is 12.9. The Morgan fingerprint density at radius 2 is 1.73 bits per heavy atom. The average Bonchev–Trinajstić information content (AvgIpc) is 3.35. The highest BCUT2D eigenvalue weighted by Crippen LogP contribution is 2.30. The summed E-state index contributed by atoms with van der Waals surface area (Å²) in [7, 11) is 1.55. The SMILES string of the molecule is COc1ccc(-n2nc(C(C)(C)C)cc2NC(=O)Nc2ccc(OCc3ccnc(NC(C)=O)c3)c(C)c2C)cn1. The zero-order valence-electron chi connectivity index (χ0n) is 24.3. The predicted molar refractivity (Wildman–Crippen MR) is 158 cm³/mol. The third-order valence-corrected chi connectivity index (χ3v) is 6.40. The summed E-state index contributed by atoms with van der Waals surface area (Å²) in [6.45, 7) is 11.8. The summed E-state index contributed by atoms with van der Waals surface area (Å²) in [5, 5.41) is 13.3. The third kappa shape index (κ3) is 7.18. The van der Waals surface area contributed by atoms with Crippen molar-refractivity contribution in [2.45, 2.75) is 53.6 Å². The molecule has 0 spiro atoms. The Morgan fingerprint density at radius 1 is 0.951 bits per heavy atom. The molecule has 4 aromatic rings. The maximum atomic E-state index is 13.1. The Morgan fingerprint density at radius 3 is 2.39 bits per heavy atom. The van der Waals surface area contributed by atoms with Crippen molar-refractivity contribution < 1.29 is 19.1 Å². The van der Waals surface area contributed by atoms with E-state index < -0.39 is 6.03 Å². The smallest absolute Gasteiger partial charge is 0.324 e. The van der Waals surface area contributed by atoms with Gasteiger partial charge >= 0.3 is 6.03 Å². The molecule has 0 atom stereocenters. The first-order valence-electron chi connectivity index (χ1n) is 13.1. The van der Waals surface area contributed by atoms with E-state index in [9.17, 15) is 9.59 Å². The summed E-state index contributed by atoms with van der Waals surface area (Å²) in [5.74, 6) is 1.95. The van der Waals surface area contributed by atoms with E-state index >= 15 is 0 Å². The van der Waals surface area contributed by atoms with E-state index in [-0.39, 0.29) is 11.3 Å². The molecule has 3 heterocycles. The molecule has 11 nitrogen and oxygen atoms in total. The fourth-order valence-electron chi connectivity index (χ4n) is 3.98. The molecule has 0 unspecified atom stereocenters. The molecule has 0 saturated carbocycles. The Bertz CT molecular complexity index is 1560. The first kappa shape index (κ1) is 29.1. The molecule has 0 radical (unpaired) electrons. The minimum Gasteiger partial charge on any atom is -0.489 e. The van der Waals surface area contributed by atoms with Crippen LogP contribution >= 0.6 is 0 Å². The van der Waals surface area contributed by atoms with Gasteiger partial charge < -0.3 is 20.1 Å². The van der Waals surface area contributed by atoms with Crippen LogP contribution in [0.15, 0.2) is 54.9 Å². The number of benzene rings is 1. The summed E-state index contributed by atoms with van der Waals surface area (Å²) in [6.07, 6.45) is 3.26. The minimum atomic E-state index is -0.411. The molecule has 0 aliphatic carbocycles. The number of pyridine rings is 2. The van der Waals surface area contributed by atoms with Gasteiger partial charge in [-0.05, 0) is 60.9 Å². The molecule has 0 aliphatic heterocycles. The monoisotopic (exact) mass is 557 g/mol. The highest BCUT2D eigenvalue weighted by molar-refractivity contribution is 6.00. The lowest BCUT2D eigenvalue weighted by Gasteiger charge is -2.16. The van der Waals surface area contributed by atoms with Gasteiger partial charge in [-0.3, -0.25) is 10.1 Å². The second kappa shape index (κ2) is 12.1. The van der Waals surface area contributed by atoms with Crippen molar-refractivity contribution in [2.24, 2.45) is 0 Å². The second-order valence-corrected chi connectivity index (χ2v) is 10.6. The van der Waals surface area contributed by atoms with Gasteiger partial charge in [-0.1, -0.05) is 20.8 Å². The third-order valence-electron chi connectivity index (χ3n) is 6.40. The highest BCUT2D eigenvalue weighted by atomic mass is 16.5. The van der Waals surface area contributed by atoms with Crippen LogP contribution in [-0.2, 0) is 16.8 Å². The molecular formula is C30H35N7O4. The topological polar surface area (TPSA) is 132 Å². The summed E-state index contributed by atoms with van der Waals surface area (Å²) in [5.41, 5.74) is 4.54. The van der Waals surface area contributed by atoms with E-state index in [0.717, 1.165) is 22.4 Å². The van der Waals surface area contributed by atoms with Crippen molar-refractivity contribution in [3.8, 4) is 17.3 Å². The van der Waals surface area contributed by atoms with Gasteiger partial charge in [0.25, 0.3) is 0 Å². The second-order valence-electron chi connectivity index (χ2n) is 10.6. The fraction of sp³-hybridized carbons (Fsp3) is 0.300. The lowest BCUT2D eigenvalue weighted by Crippen LogP contribution is -2.22. The number of aromatic nitrogens is 4. The predicted octanol–water partition coefficient (Wildman–Crippen LogP) is 5.77. The molecule has 3 N–H and O–H groups in total. The molecule has 4 rings (SSSR count). The highest BCUT2D eigenvalue weighted by Gasteiger charge is 2.22. The molecule has 0 aliphatic rings. The molecule has 0 fully saturated rings. The van der Waals surface area contributed by atoms with E-state index in [0.29, 0.717) is 41.2 Å². The van der Waals surface area contributed by atoms with Gasteiger partial charge in [0.15, 0.2) is 0 Å². The Kier molecular flexibility index (Phi) is 8.56. The van der Waals surface area contributed by atoms with Gasteiger partial charge in [0, 0.05) is 36.4 Å². The van der Waals surface area contributed by atoms with Crippen LogP contribution in [-0.4, -0.2) is 38.8 Å². The molecule has 3 aromatic heterocycles. The van der Waals surface area contributed by atoms with Crippen LogP contribution in [0.5, 0.6) is 11.6 Å². The van der Waals surface area contributed by atoms with Crippen molar-refractivity contribution in [3.05, 3.63) is 77.2 Å². The molecule has 41 heavy (non-hydrogen) atoms. The number of carbonyl (C=O) groups is 2. The summed E-state index contributed by atoms with van der Waals surface area (Å²) in [4.78, 5) is 32.8. The van der Waals surface area contributed by atoms with Crippen LogP contribution in [0.2, 0.25) is 0 Å². The van der Waals surface area contributed by atoms with Gasteiger partial charge in [-0.2, -0.15) is 5.10 Å². The number of nitrogens with zero attached hydrogens (tertiary/aromatic N) is 4. The number of rotatable bonds is 8. The largest absolute Gasteiger partial charge is 0.489 e. The molecule has 214 valence electrons. The molecule has 11 heteroatoms. The first-order chi connectivity index (χ1) is 19.4. The molecule has 0 saturated heterocycles. The van der Waals surface area contributed by atoms with Crippen molar-refractivity contribution in [3.63, 3.8) is 0 Å². The number of ether oxygens (including phenoxy) is 2. The number of urea groups is 1. The standard InChI is InChI=1S/C30H35N7O4/c1-18-19(2)24(41-17-21-12-13-31-26(14-21)33-20(3)38)10-9-23(18)34-29(39)35-27-15-25(30(4,5)6)36-37(27)22-8-11-28(40-7)32-16-22/h8-16H,17H2,1-7H3,(H,31,33,38)(H2,34,35,39). The van der Waals surface area contributed by atoms with Gasteiger partial charge in [-0.25, -0.2) is 19.4 Å². The van der Waals surface area contributed by atoms with Crippen molar-refractivity contribution >= 4 is 29.3 Å². The Hall–Kier alpha value is -4.93. The van der Waals surface area contributed by atoms with Crippen LogP contribution in [0, 0.1) is 13.8 Å². The lowest BCUT2D eigenvalue weighted by atomic mass is 9.92. The van der Waals surface area contributed by atoms with E-state index in [2.05, 4.69) is 46.7 Å². The maximum absolute atomic E-state index is 13.1. The number of methoxy groups -OCH3 is 1. The molecular weight excluding hydrogens is 522 g/mol. The van der Waals surface area contributed by atoms with Gasteiger partial charge in [-0.15, -0.1) is 0 Å². The van der Waals surface area contributed by atoms with Crippen LogP contribution < -0.4 is 25.4 Å². The number of carbonyl (C=O) groups excluding carboxylic acids is 2. The maximum Gasteiger partial charge on any atom is 0.324 e. The lowest BCUT2D eigenvalue weighted by molar-refractivity contribution is -0.114. The normalized spacial score (nSPS) is 11.1. The number of nitrogens with one attached hydrogen (secondary N) is 3. The summed E-state index contributed by atoms with van der Waals surface area (Å²) in [6, 6.07) is 12.2. The zero-order chi connectivity index (χ0) is 29.7. The number of anilines is 3. The van der Waals surface area contributed by atoms with Gasteiger partial charge in [0.1, 0.15) is 24.0 Å². The number of amides is 3. The van der Waals surface area contributed by atoms with Crippen LogP contribution in [0.1, 0.15) is 50.1 Å². The van der Waals surface area contributed by atoms with Gasteiger partial charge in [0.2, 0.25) is 11.8 Å². The van der Waals surface area contributed by atoms with Crippen LogP contribution in [0.25, 0.3) is 5.69 Å². The van der Waals surface area contributed by atoms with E-state index in [1.54, 1.807) is 42.4 Å². The Balaban J connectivity index is 1.48. The van der Waals surface area contributed by atoms with E-state index in [1.165, 1.54) is 6.92 Å².